The van der Waals surface area contributed by atoms with Crippen LogP contribution in [0.4, 0.5) is 30.7 Å². The van der Waals surface area contributed by atoms with E-state index in [0.717, 1.165) is 18.9 Å². The summed E-state index contributed by atoms with van der Waals surface area (Å²) in [5, 5.41) is 9.38. The molecule has 25 heavy (non-hydrogen) atoms. The first-order valence-corrected chi connectivity index (χ1v) is 8.07. The van der Waals surface area contributed by atoms with Gasteiger partial charge in [-0.1, -0.05) is 18.2 Å². The van der Waals surface area contributed by atoms with Crippen LogP contribution < -0.4 is 0 Å². The topological polar surface area (TPSA) is 20.2 Å². The average Bonchev–Trinajstić information content (AvgIpc) is 2.94. The summed E-state index contributed by atoms with van der Waals surface area (Å²) in [5.74, 6) is 0.271. The molecule has 0 bridgehead atoms. The minimum absolute atomic E-state index is 0.000680. The van der Waals surface area contributed by atoms with E-state index in [2.05, 4.69) is 0 Å². The highest BCUT2D eigenvalue weighted by molar-refractivity contribution is 5.41. The molecule has 8 heteroatoms. The molecule has 0 amide bonds. The highest BCUT2D eigenvalue weighted by atomic mass is 19.4. The van der Waals surface area contributed by atoms with E-state index in [1.807, 2.05) is 0 Å². The van der Waals surface area contributed by atoms with Crippen LogP contribution in [-0.4, -0.2) is 24.1 Å². The molecular weight excluding hydrogens is 353 g/mol. The van der Waals surface area contributed by atoms with Crippen LogP contribution in [0.5, 0.6) is 0 Å². The van der Waals surface area contributed by atoms with Crippen molar-refractivity contribution in [3.05, 3.63) is 34.9 Å². The normalized spacial score (nSPS) is 27.1. The Kier molecular flexibility index (Phi) is 4.33. The number of alkyl halides is 7. The summed E-state index contributed by atoms with van der Waals surface area (Å²) >= 11 is 0. The Morgan fingerprint density at radius 2 is 1.56 bits per heavy atom. The van der Waals surface area contributed by atoms with Gasteiger partial charge in [-0.2, -0.15) is 26.3 Å². The molecule has 1 N–H and O–H groups in total. The zero-order chi connectivity index (χ0) is 18.6. The van der Waals surface area contributed by atoms with E-state index in [4.69, 9.17) is 0 Å². The van der Waals surface area contributed by atoms with Gasteiger partial charge in [-0.05, 0) is 54.6 Å². The number of fused-ring (bicyclic) bond motifs is 3. The lowest BCUT2D eigenvalue weighted by Crippen LogP contribution is -2.50. The number of hydrogen-bond donors (Lipinski definition) is 1. The zero-order valence-electron chi connectivity index (χ0n) is 13.1. The largest absolute Gasteiger partial charge is 0.435 e. The monoisotopic (exact) mass is 370 g/mol. The highest BCUT2D eigenvalue weighted by Crippen LogP contribution is 2.55. The van der Waals surface area contributed by atoms with Crippen LogP contribution in [0.2, 0.25) is 0 Å². The van der Waals surface area contributed by atoms with E-state index in [9.17, 15) is 35.8 Å². The molecule has 2 unspecified atom stereocenters. The second-order valence-corrected chi connectivity index (χ2v) is 6.90. The maximum Gasteiger partial charge on any atom is 0.435 e. The SMILES string of the molecule is OC[C@@H]1CCC2c3ccc(C(F)(C(F)(F)F)C(F)(F)F)cc3CCC21. The summed E-state index contributed by atoms with van der Waals surface area (Å²) in [6.07, 6.45) is -9.83. The fraction of sp³-hybridized carbons (Fsp3) is 0.647. The predicted octanol–water partition coefficient (Wildman–Crippen LogP) is 5.02. The molecule has 2 aliphatic carbocycles. The van der Waals surface area contributed by atoms with Crippen molar-refractivity contribution in [1.29, 1.82) is 0 Å². The number of aliphatic hydroxyl groups excluding tert-OH is 1. The molecule has 0 spiro atoms. The van der Waals surface area contributed by atoms with E-state index in [-0.39, 0.29) is 30.8 Å². The van der Waals surface area contributed by atoms with Gasteiger partial charge < -0.3 is 5.11 Å². The minimum Gasteiger partial charge on any atom is -0.396 e. The molecule has 1 fully saturated rings. The first-order chi connectivity index (χ1) is 11.5. The van der Waals surface area contributed by atoms with Gasteiger partial charge in [0.25, 0.3) is 0 Å². The molecule has 0 saturated heterocycles. The van der Waals surface area contributed by atoms with Gasteiger partial charge in [-0.15, -0.1) is 0 Å². The molecule has 0 aromatic heterocycles. The molecule has 3 atom stereocenters. The maximum absolute atomic E-state index is 14.2. The summed E-state index contributed by atoms with van der Waals surface area (Å²) in [4.78, 5) is 0. The van der Waals surface area contributed by atoms with Crippen molar-refractivity contribution in [2.45, 2.75) is 49.6 Å². The van der Waals surface area contributed by atoms with Crippen LogP contribution in [0.3, 0.4) is 0 Å². The summed E-state index contributed by atoms with van der Waals surface area (Å²) in [6, 6.07) is 2.53. The molecule has 0 aliphatic heterocycles. The fourth-order valence-electron chi connectivity index (χ4n) is 4.41. The first-order valence-electron chi connectivity index (χ1n) is 8.07. The van der Waals surface area contributed by atoms with E-state index < -0.39 is 23.6 Å². The van der Waals surface area contributed by atoms with Crippen molar-refractivity contribution < 1.29 is 35.8 Å². The summed E-state index contributed by atoms with van der Waals surface area (Å²) in [5.41, 5.74) is -5.77. The van der Waals surface area contributed by atoms with Crippen molar-refractivity contribution in [3.8, 4) is 0 Å². The van der Waals surface area contributed by atoms with Gasteiger partial charge in [0.05, 0.1) is 0 Å². The molecule has 1 nitrogen and oxygen atoms in total. The Morgan fingerprint density at radius 3 is 2.12 bits per heavy atom. The van der Waals surface area contributed by atoms with Crippen LogP contribution in [-0.2, 0) is 12.1 Å². The number of aryl methyl sites for hydroxylation is 1. The standard InChI is InChI=1S/C17H17F7O/c18-15(16(19,20)21,17(22,23)24)11-3-6-12-9(7-11)1-4-13-10(8-25)2-5-14(12)13/h3,6-7,10,13-14,25H,1-2,4-5,8H2/t10-,13?,14?/m0/s1. The lowest BCUT2D eigenvalue weighted by atomic mass is 9.73. The predicted molar refractivity (Wildman–Crippen MR) is 75.7 cm³/mol. The molecule has 140 valence electrons. The van der Waals surface area contributed by atoms with Gasteiger partial charge in [0.1, 0.15) is 0 Å². The van der Waals surface area contributed by atoms with Crippen LogP contribution in [0.25, 0.3) is 0 Å². The Morgan fingerprint density at radius 1 is 0.920 bits per heavy atom. The third kappa shape index (κ3) is 2.73. The van der Waals surface area contributed by atoms with Crippen LogP contribution in [0, 0.1) is 11.8 Å². The molecule has 0 heterocycles. The summed E-state index contributed by atoms with van der Waals surface area (Å²) < 4.78 is 91.7. The van der Waals surface area contributed by atoms with Crippen LogP contribution >= 0.6 is 0 Å². The molecule has 0 radical (unpaired) electrons. The second kappa shape index (κ2) is 5.86. The van der Waals surface area contributed by atoms with Gasteiger partial charge in [-0.3, -0.25) is 0 Å². The van der Waals surface area contributed by atoms with Crippen molar-refractivity contribution >= 4 is 0 Å². The van der Waals surface area contributed by atoms with Gasteiger partial charge in [0.15, 0.2) is 0 Å². The quantitative estimate of drug-likeness (QED) is 0.725. The van der Waals surface area contributed by atoms with Gasteiger partial charge >= 0.3 is 18.0 Å². The molecule has 2 aliphatic rings. The smallest absolute Gasteiger partial charge is 0.396 e. The van der Waals surface area contributed by atoms with E-state index >= 15 is 0 Å². The number of halogens is 7. The van der Waals surface area contributed by atoms with Crippen molar-refractivity contribution in [2.24, 2.45) is 11.8 Å². The average molecular weight is 370 g/mol. The molecule has 1 saturated carbocycles. The van der Waals surface area contributed by atoms with Gasteiger partial charge in [0, 0.05) is 12.2 Å². The number of benzene rings is 1. The summed E-state index contributed by atoms with van der Waals surface area (Å²) in [7, 11) is 0. The Bertz CT molecular complexity index is 635. The Balaban J connectivity index is 2.03. The third-order valence-electron chi connectivity index (χ3n) is 5.67. The first kappa shape index (κ1) is 18.5. The van der Waals surface area contributed by atoms with Crippen LogP contribution in [0.1, 0.15) is 41.9 Å². The van der Waals surface area contributed by atoms with E-state index in [1.54, 1.807) is 0 Å². The Labute approximate surface area is 139 Å². The van der Waals surface area contributed by atoms with Gasteiger partial charge in [-0.25, -0.2) is 4.39 Å². The lowest BCUT2D eigenvalue weighted by molar-refractivity contribution is -0.348. The fourth-order valence-corrected chi connectivity index (χ4v) is 4.41. The van der Waals surface area contributed by atoms with Crippen molar-refractivity contribution in [3.63, 3.8) is 0 Å². The highest BCUT2D eigenvalue weighted by Gasteiger charge is 2.73. The lowest BCUT2D eigenvalue weighted by Gasteiger charge is -2.34. The number of hydrogen-bond acceptors (Lipinski definition) is 1. The van der Waals surface area contributed by atoms with Crippen molar-refractivity contribution in [2.75, 3.05) is 6.61 Å². The minimum atomic E-state index is -6.09. The number of rotatable bonds is 2. The van der Waals surface area contributed by atoms with E-state index in [0.29, 0.717) is 23.6 Å². The molecular formula is C17H17F7O. The maximum atomic E-state index is 14.2. The van der Waals surface area contributed by atoms with E-state index in [1.165, 1.54) is 6.07 Å². The zero-order valence-corrected chi connectivity index (χ0v) is 13.1. The molecule has 1 aromatic rings. The van der Waals surface area contributed by atoms with Gasteiger partial charge in [0.2, 0.25) is 0 Å². The molecule has 1 aromatic carbocycles. The second-order valence-electron chi connectivity index (χ2n) is 6.90. The number of aliphatic hydroxyl groups is 1. The van der Waals surface area contributed by atoms with Crippen LogP contribution in [0.15, 0.2) is 18.2 Å². The Hall–Kier alpha value is -1.31. The third-order valence-corrected chi connectivity index (χ3v) is 5.67. The molecule has 3 rings (SSSR count). The van der Waals surface area contributed by atoms with Crippen molar-refractivity contribution in [1.82, 2.24) is 0 Å². The summed E-state index contributed by atoms with van der Waals surface area (Å²) in [6.45, 7) is 0.0182.